The van der Waals surface area contributed by atoms with E-state index in [0.29, 0.717) is 5.69 Å². The summed E-state index contributed by atoms with van der Waals surface area (Å²) < 4.78 is 7.34. The van der Waals surface area contributed by atoms with E-state index < -0.39 is 0 Å². The molecular formula is C9H14N2O2. The smallest absolute Gasteiger partial charge is 0.150 e. The molecule has 1 aromatic rings. The maximum atomic E-state index is 8.83. The Morgan fingerprint density at radius 2 is 2.54 bits per heavy atom. The van der Waals surface area contributed by atoms with Crippen LogP contribution in [0.2, 0.25) is 0 Å². The molecule has 13 heavy (non-hydrogen) atoms. The van der Waals surface area contributed by atoms with Gasteiger partial charge in [0.15, 0.2) is 0 Å². The van der Waals surface area contributed by atoms with Crippen LogP contribution in [-0.2, 0) is 11.3 Å². The predicted molar refractivity (Wildman–Crippen MR) is 47.0 cm³/mol. The van der Waals surface area contributed by atoms with Gasteiger partial charge in [0.1, 0.15) is 6.23 Å². The van der Waals surface area contributed by atoms with Crippen molar-refractivity contribution in [1.29, 1.82) is 0 Å². The Morgan fingerprint density at radius 3 is 3.15 bits per heavy atom. The molecular weight excluding hydrogens is 168 g/mol. The molecule has 0 bridgehead atoms. The van der Waals surface area contributed by atoms with Gasteiger partial charge in [0.05, 0.1) is 12.3 Å². The average molecular weight is 182 g/mol. The van der Waals surface area contributed by atoms with E-state index in [-0.39, 0.29) is 12.8 Å². The lowest BCUT2D eigenvalue weighted by atomic mass is 10.2. The first-order valence-corrected chi connectivity index (χ1v) is 4.66. The molecule has 0 radical (unpaired) electrons. The SMILES string of the molecule is OCc1ccn([C@@H]2CCCCO2)n1. The molecule has 0 aliphatic carbocycles. The number of aliphatic hydroxyl groups is 1. The Balaban J connectivity index is 2.05. The lowest BCUT2D eigenvalue weighted by molar-refractivity contribution is -0.0398. The number of hydrogen-bond acceptors (Lipinski definition) is 3. The van der Waals surface area contributed by atoms with E-state index in [1.54, 1.807) is 4.68 Å². The number of hydrogen-bond donors (Lipinski definition) is 1. The Labute approximate surface area is 77.1 Å². The largest absolute Gasteiger partial charge is 0.390 e. The number of aliphatic hydroxyl groups excluding tert-OH is 1. The van der Waals surface area contributed by atoms with Crippen molar-refractivity contribution in [3.05, 3.63) is 18.0 Å². The van der Waals surface area contributed by atoms with Crippen LogP contribution in [0.15, 0.2) is 12.3 Å². The summed E-state index contributed by atoms with van der Waals surface area (Å²) in [6, 6.07) is 1.82. The second-order valence-corrected chi connectivity index (χ2v) is 3.27. The molecule has 1 aliphatic heterocycles. The van der Waals surface area contributed by atoms with Gasteiger partial charge < -0.3 is 9.84 Å². The molecule has 0 aromatic carbocycles. The molecule has 1 N–H and O–H groups in total. The third-order valence-electron chi connectivity index (χ3n) is 2.28. The molecule has 1 atom stereocenters. The topological polar surface area (TPSA) is 47.3 Å². The van der Waals surface area contributed by atoms with E-state index in [9.17, 15) is 0 Å². The highest BCUT2D eigenvalue weighted by Gasteiger charge is 2.15. The summed E-state index contributed by atoms with van der Waals surface area (Å²) in [7, 11) is 0. The van der Waals surface area contributed by atoms with Crippen LogP contribution in [0.3, 0.4) is 0 Å². The van der Waals surface area contributed by atoms with Gasteiger partial charge in [-0.05, 0) is 25.3 Å². The van der Waals surface area contributed by atoms with Gasteiger partial charge >= 0.3 is 0 Å². The summed E-state index contributed by atoms with van der Waals surface area (Å²) in [4.78, 5) is 0. The molecule has 1 aliphatic rings. The molecule has 0 spiro atoms. The first-order valence-electron chi connectivity index (χ1n) is 4.66. The van der Waals surface area contributed by atoms with Gasteiger partial charge in [-0.1, -0.05) is 0 Å². The molecule has 0 unspecified atom stereocenters. The highest BCUT2D eigenvalue weighted by atomic mass is 16.5. The van der Waals surface area contributed by atoms with E-state index >= 15 is 0 Å². The van der Waals surface area contributed by atoms with E-state index in [0.717, 1.165) is 19.4 Å². The van der Waals surface area contributed by atoms with Crippen molar-refractivity contribution in [2.24, 2.45) is 0 Å². The molecule has 2 rings (SSSR count). The highest BCUT2D eigenvalue weighted by Crippen LogP contribution is 2.21. The van der Waals surface area contributed by atoms with Crippen molar-refractivity contribution < 1.29 is 9.84 Å². The van der Waals surface area contributed by atoms with Gasteiger partial charge in [-0.25, -0.2) is 4.68 Å². The van der Waals surface area contributed by atoms with Crippen molar-refractivity contribution in [1.82, 2.24) is 9.78 Å². The summed E-state index contributed by atoms with van der Waals surface area (Å²) in [6.07, 6.45) is 5.30. The summed E-state index contributed by atoms with van der Waals surface area (Å²) in [5, 5.41) is 13.0. The summed E-state index contributed by atoms with van der Waals surface area (Å²) >= 11 is 0. The van der Waals surface area contributed by atoms with Gasteiger partial charge in [0.25, 0.3) is 0 Å². The minimum atomic E-state index is -0.000278. The third-order valence-corrected chi connectivity index (χ3v) is 2.28. The fourth-order valence-electron chi connectivity index (χ4n) is 1.55. The highest BCUT2D eigenvalue weighted by molar-refractivity contribution is 4.97. The maximum Gasteiger partial charge on any atom is 0.150 e. The van der Waals surface area contributed by atoms with Crippen molar-refractivity contribution in [3.63, 3.8) is 0 Å². The van der Waals surface area contributed by atoms with Crippen LogP contribution in [0.25, 0.3) is 0 Å². The maximum absolute atomic E-state index is 8.83. The Kier molecular flexibility index (Phi) is 2.61. The Hall–Kier alpha value is -0.870. The predicted octanol–water partition coefficient (Wildman–Crippen LogP) is 1.07. The molecule has 2 heterocycles. The zero-order chi connectivity index (χ0) is 9.10. The first kappa shape index (κ1) is 8.72. The van der Waals surface area contributed by atoms with Crippen LogP contribution >= 0.6 is 0 Å². The van der Waals surface area contributed by atoms with Crippen molar-refractivity contribution in [2.45, 2.75) is 32.1 Å². The zero-order valence-electron chi connectivity index (χ0n) is 7.52. The minimum Gasteiger partial charge on any atom is -0.390 e. The van der Waals surface area contributed by atoms with Crippen LogP contribution in [0.5, 0.6) is 0 Å². The summed E-state index contributed by atoms with van der Waals surface area (Å²) in [5.74, 6) is 0. The van der Waals surface area contributed by atoms with Crippen LogP contribution in [0.1, 0.15) is 31.2 Å². The second kappa shape index (κ2) is 3.89. The van der Waals surface area contributed by atoms with Gasteiger partial charge in [0, 0.05) is 12.8 Å². The first-order chi connectivity index (χ1) is 6.40. The van der Waals surface area contributed by atoms with E-state index in [4.69, 9.17) is 9.84 Å². The average Bonchev–Trinajstić information content (AvgIpc) is 2.67. The van der Waals surface area contributed by atoms with Crippen molar-refractivity contribution >= 4 is 0 Å². The van der Waals surface area contributed by atoms with Crippen LogP contribution < -0.4 is 0 Å². The Morgan fingerprint density at radius 1 is 1.62 bits per heavy atom. The van der Waals surface area contributed by atoms with Gasteiger partial charge in [-0.2, -0.15) is 5.10 Å². The lowest BCUT2D eigenvalue weighted by Crippen LogP contribution is -2.18. The second-order valence-electron chi connectivity index (χ2n) is 3.27. The fourth-order valence-corrected chi connectivity index (χ4v) is 1.55. The summed E-state index contributed by atoms with van der Waals surface area (Å²) in [5.41, 5.74) is 0.703. The number of nitrogens with zero attached hydrogens (tertiary/aromatic N) is 2. The number of rotatable bonds is 2. The van der Waals surface area contributed by atoms with Crippen LogP contribution in [0.4, 0.5) is 0 Å². The summed E-state index contributed by atoms with van der Waals surface area (Å²) in [6.45, 7) is 0.818. The minimum absolute atomic E-state index is 0.000278. The molecule has 4 nitrogen and oxygen atoms in total. The lowest BCUT2D eigenvalue weighted by Gasteiger charge is -2.22. The van der Waals surface area contributed by atoms with Gasteiger partial charge in [-0.15, -0.1) is 0 Å². The van der Waals surface area contributed by atoms with Gasteiger partial charge in [0.2, 0.25) is 0 Å². The molecule has 4 heteroatoms. The molecule has 0 amide bonds. The third kappa shape index (κ3) is 1.89. The number of aromatic nitrogens is 2. The normalized spacial score (nSPS) is 23.3. The van der Waals surface area contributed by atoms with Crippen LogP contribution in [-0.4, -0.2) is 21.5 Å². The van der Waals surface area contributed by atoms with Crippen LogP contribution in [0, 0.1) is 0 Å². The molecule has 1 fully saturated rings. The van der Waals surface area contributed by atoms with Crippen molar-refractivity contribution in [2.75, 3.05) is 6.61 Å². The fraction of sp³-hybridized carbons (Fsp3) is 0.667. The molecule has 1 saturated heterocycles. The van der Waals surface area contributed by atoms with Gasteiger partial charge in [-0.3, -0.25) is 0 Å². The molecule has 1 aromatic heterocycles. The van der Waals surface area contributed by atoms with E-state index in [2.05, 4.69) is 5.10 Å². The quantitative estimate of drug-likeness (QED) is 0.744. The van der Waals surface area contributed by atoms with E-state index in [1.807, 2.05) is 12.3 Å². The number of ether oxygens (including phenoxy) is 1. The van der Waals surface area contributed by atoms with Crippen molar-refractivity contribution in [3.8, 4) is 0 Å². The standard InChI is InChI=1S/C9H14N2O2/c12-7-8-4-5-11(10-8)9-3-1-2-6-13-9/h4-5,9,12H,1-3,6-7H2/t9-/m0/s1. The monoisotopic (exact) mass is 182 g/mol. The van der Waals surface area contributed by atoms with E-state index in [1.165, 1.54) is 6.42 Å². The molecule has 72 valence electrons. The zero-order valence-corrected chi connectivity index (χ0v) is 7.52. The Bertz CT molecular complexity index is 266. The molecule has 0 saturated carbocycles.